The van der Waals surface area contributed by atoms with Crippen LogP contribution in [0.5, 0.6) is 5.75 Å². The molecule has 0 aliphatic heterocycles. The molecule has 1 aliphatic carbocycles. The molecule has 1 aromatic carbocycles. The summed E-state index contributed by atoms with van der Waals surface area (Å²) in [7, 11) is 1.56. The van der Waals surface area contributed by atoms with E-state index >= 15 is 0 Å². The molecule has 1 saturated carbocycles. The van der Waals surface area contributed by atoms with E-state index in [0.29, 0.717) is 17.0 Å². The van der Waals surface area contributed by atoms with Crippen LogP contribution >= 0.6 is 0 Å². The van der Waals surface area contributed by atoms with Gasteiger partial charge in [-0.3, -0.25) is 4.79 Å². The zero-order chi connectivity index (χ0) is 13.3. The van der Waals surface area contributed by atoms with Crippen LogP contribution < -0.4 is 10.1 Å². The fraction of sp³-hybridized carbons (Fsp3) is 0.500. The fourth-order valence-corrected chi connectivity index (χ4v) is 2.12. The first-order valence-corrected chi connectivity index (χ1v) is 6.06. The summed E-state index contributed by atoms with van der Waals surface area (Å²) in [4.78, 5) is 11.9. The van der Waals surface area contributed by atoms with Crippen molar-refractivity contribution in [2.45, 2.75) is 26.9 Å². The molecule has 2 rings (SSSR count). The van der Waals surface area contributed by atoms with Gasteiger partial charge in [0.25, 0.3) is 0 Å². The summed E-state index contributed by atoms with van der Waals surface area (Å²) in [5.41, 5.74) is 1.49. The minimum absolute atomic E-state index is 0.0501. The zero-order valence-corrected chi connectivity index (χ0v) is 11.0. The Balaban J connectivity index is 2.08. The van der Waals surface area contributed by atoms with Gasteiger partial charge in [-0.25, -0.2) is 0 Å². The summed E-state index contributed by atoms with van der Waals surface area (Å²) < 4.78 is 5.12. The maximum absolute atomic E-state index is 11.9. The number of hydrogen-bond donors (Lipinski definition) is 2. The van der Waals surface area contributed by atoms with Crippen LogP contribution in [0.3, 0.4) is 0 Å². The van der Waals surface area contributed by atoms with E-state index in [9.17, 15) is 9.90 Å². The summed E-state index contributed by atoms with van der Waals surface area (Å²) in [6, 6.07) is 5.27. The molecule has 0 spiro atoms. The standard InChI is InChI=1S/C14H19NO3/c1-14(2)7-11(14)13(17)15-10-4-5-12(18-3)9(6-10)8-16/h4-6,11,16H,7-8H2,1-3H3,(H,15,17). The Morgan fingerprint density at radius 2 is 2.22 bits per heavy atom. The van der Waals surface area contributed by atoms with E-state index in [0.717, 1.165) is 6.42 Å². The van der Waals surface area contributed by atoms with Crippen molar-refractivity contribution in [1.82, 2.24) is 0 Å². The third-order valence-corrected chi connectivity index (χ3v) is 3.55. The number of benzene rings is 1. The summed E-state index contributed by atoms with van der Waals surface area (Å²) in [5.74, 6) is 0.772. The molecule has 4 nitrogen and oxygen atoms in total. The minimum Gasteiger partial charge on any atom is -0.496 e. The van der Waals surface area contributed by atoms with Crippen molar-refractivity contribution >= 4 is 11.6 Å². The van der Waals surface area contributed by atoms with Gasteiger partial charge in [-0.05, 0) is 30.0 Å². The number of aliphatic hydroxyl groups is 1. The highest BCUT2D eigenvalue weighted by atomic mass is 16.5. The van der Waals surface area contributed by atoms with Gasteiger partial charge in [0.1, 0.15) is 5.75 Å². The van der Waals surface area contributed by atoms with Crippen LogP contribution in [0.2, 0.25) is 0 Å². The highest BCUT2D eigenvalue weighted by Gasteiger charge is 2.50. The smallest absolute Gasteiger partial charge is 0.228 e. The van der Waals surface area contributed by atoms with Gasteiger partial charge in [0.2, 0.25) is 5.91 Å². The van der Waals surface area contributed by atoms with E-state index in [1.54, 1.807) is 25.3 Å². The molecule has 0 radical (unpaired) electrons. The number of amides is 1. The van der Waals surface area contributed by atoms with Gasteiger partial charge in [0.15, 0.2) is 0 Å². The average molecular weight is 249 g/mol. The fourth-order valence-electron chi connectivity index (χ4n) is 2.12. The number of carbonyl (C=O) groups is 1. The number of ether oxygens (including phenoxy) is 1. The Morgan fingerprint density at radius 1 is 1.56 bits per heavy atom. The van der Waals surface area contributed by atoms with Crippen molar-refractivity contribution in [3.8, 4) is 5.75 Å². The van der Waals surface area contributed by atoms with Gasteiger partial charge < -0.3 is 15.2 Å². The second kappa shape index (κ2) is 4.61. The van der Waals surface area contributed by atoms with E-state index < -0.39 is 0 Å². The monoisotopic (exact) mass is 249 g/mol. The van der Waals surface area contributed by atoms with Crippen LogP contribution in [0.25, 0.3) is 0 Å². The summed E-state index contributed by atoms with van der Waals surface area (Å²) in [5, 5.41) is 12.1. The molecule has 1 unspecified atom stereocenters. The molecule has 1 fully saturated rings. The van der Waals surface area contributed by atoms with Crippen molar-refractivity contribution in [2.75, 3.05) is 12.4 Å². The molecule has 0 saturated heterocycles. The summed E-state index contributed by atoms with van der Waals surface area (Å²) in [6.07, 6.45) is 0.932. The van der Waals surface area contributed by atoms with Crippen LogP contribution in [0.4, 0.5) is 5.69 Å². The Kier molecular flexibility index (Phi) is 3.30. The first-order chi connectivity index (χ1) is 8.47. The molecule has 1 amide bonds. The molecule has 0 bridgehead atoms. The minimum atomic E-state index is -0.109. The third-order valence-electron chi connectivity index (χ3n) is 3.55. The van der Waals surface area contributed by atoms with Crippen molar-refractivity contribution in [3.05, 3.63) is 23.8 Å². The van der Waals surface area contributed by atoms with E-state index in [2.05, 4.69) is 19.2 Å². The molecule has 4 heteroatoms. The van der Waals surface area contributed by atoms with Crippen LogP contribution in [-0.2, 0) is 11.4 Å². The molecule has 0 heterocycles. The molecule has 1 atom stereocenters. The lowest BCUT2D eigenvalue weighted by Crippen LogP contribution is -2.16. The molecule has 18 heavy (non-hydrogen) atoms. The van der Waals surface area contributed by atoms with Crippen LogP contribution in [0, 0.1) is 11.3 Å². The highest BCUT2D eigenvalue weighted by molar-refractivity contribution is 5.95. The number of nitrogens with one attached hydrogen (secondary N) is 1. The lowest BCUT2D eigenvalue weighted by Gasteiger charge is -2.10. The molecule has 0 aromatic heterocycles. The van der Waals surface area contributed by atoms with Gasteiger partial charge in [0, 0.05) is 17.2 Å². The van der Waals surface area contributed by atoms with Crippen molar-refractivity contribution < 1.29 is 14.6 Å². The normalized spacial score (nSPS) is 20.3. The van der Waals surface area contributed by atoms with E-state index in [1.165, 1.54) is 0 Å². The van der Waals surface area contributed by atoms with Gasteiger partial charge in [0.05, 0.1) is 13.7 Å². The van der Waals surface area contributed by atoms with E-state index in [-0.39, 0.29) is 23.8 Å². The number of aliphatic hydroxyl groups excluding tert-OH is 1. The molecular weight excluding hydrogens is 230 g/mol. The first-order valence-electron chi connectivity index (χ1n) is 6.06. The van der Waals surface area contributed by atoms with Gasteiger partial charge in [-0.1, -0.05) is 13.8 Å². The highest BCUT2D eigenvalue weighted by Crippen LogP contribution is 2.52. The van der Waals surface area contributed by atoms with E-state index in [1.807, 2.05) is 0 Å². The predicted molar refractivity (Wildman–Crippen MR) is 69.4 cm³/mol. The number of rotatable bonds is 4. The Bertz CT molecular complexity index is 468. The maximum atomic E-state index is 11.9. The van der Waals surface area contributed by atoms with E-state index in [4.69, 9.17) is 4.74 Å². The lowest BCUT2D eigenvalue weighted by molar-refractivity contribution is -0.118. The second-order valence-electron chi connectivity index (χ2n) is 5.42. The SMILES string of the molecule is COc1ccc(NC(=O)C2CC2(C)C)cc1CO. The van der Waals surface area contributed by atoms with Gasteiger partial charge in [-0.2, -0.15) is 0 Å². The molecule has 2 N–H and O–H groups in total. The van der Waals surface area contributed by atoms with Crippen LogP contribution in [0.1, 0.15) is 25.8 Å². The average Bonchev–Trinajstić information content (AvgIpc) is 2.98. The molecule has 1 aromatic rings. The second-order valence-corrected chi connectivity index (χ2v) is 5.42. The van der Waals surface area contributed by atoms with Crippen molar-refractivity contribution in [2.24, 2.45) is 11.3 Å². The van der Waals surface area contributed by atoms with Crippen molar-refractivity contribution in [3.63, 3.8) is 0 Å². The van der Waals surface area contributed by atoms with Crippen LogP contribution in [-0.4, -0.2) is 18.1 Å². The quantitative estimate of drug-likeness (QED) is 0.859. The summed E-state index contributed by atoms with van der Waals surface area (Å²) >= 11 is 0. The van der Waals surface area contributed by atoms with Gasteiger partial charge in [-0.15, -0.1) is 0 Å². The number of carbonyl (C=O) groups excluding carboxylic acids is 1. The maximum Gasteiger partial charge on any atom is 0.228 e. The summed E-state index contributed by atoms with van der Waals surface area (Å²) in [6.45, 7) is 4.07. The largest absolute Gasteiger partial charge is 0.496 e. The van der Waals surface area contributed by atoms with Gasteiger partial charge >= 0.3 is 0 Å². The number of methoxy groups -OCH3 is 1. The first kappa shape index (κ1) is 12.9. The lowest BCUT2D eigenvalue weighted by atomic mass is 10.1. The molecule has 1 aliphatic rings. The topological polar surface area (TPSA) is 58.6 Å². The zero-order valence-electron chi connectivity index (χ0n) is 11.0. The Labute approximate surface area is 107 Å². The van der Waals surface area contributed by atoms with Crippen molar-refractivity contribution in [1.29, 1.82) is 0 Å². The van der Waals surface area contributed by atoms with Crippen LogP contribution in [0.15, 0.2) is 18.2 Å². The Hall–Kier alpha value is -1.55. The molecular formula is C14H19NO3. The third kappa shape index (κ3) is 2.48. The predicted octanol–water partition coefficient (Wildman–Crippen LogP) is 2.17. The Morgan fingerprint density at radius 3 is 2.72 bits per heavy atom. The number of hydrogen-bond acceptors (Lipinski definition) is 3. The number of anilines is 1. The molecule has 98 valence electrons.